The fourth-order valence-electron chi connectivity index (χ4n) is 11.7. The van der Waals surface area contributed by atoms with Gasteiger partial charge in [-0.05, 0) is 141 Å². The van der Waals surface area contributed by atoms with Crippen molar-refractivity contribution in [1.82, 2.24) is 14.7 Å². The van der Waals surface area contributed by atoms with Gasteiger partial charge < -0.3 is 0 Å². The molecule has 0 aromatic heterocycles. The third kappa shape index (κ3) is 7.77. The highest BCUT2D eigenvalue weighted by atomic mass is 15.3. The largest absolute Gasteiger partial charge is 0.292 e. The van der Waals surface area contributed by atoms with Gasteiger partial charge in [0.05, 0.1) is 0 Å². The molecule has 3 heteroatoms. The summed E-state index contributed by atoms with van der Waals surface area (Å²) >= 11 is 0. The number of fused-ring (bicyclic) bond motifs is 6. The van der Waals surface area contributed by atoms with Crippen LogP contribution in [0.4, 0.5) is 0 Å². The Bertz CT molecular complexity index is 895. The van der Waals surface area contributed by atoms with Gasteiger partial charge in [0, 0.05) is 52.9 Å². The third-order valence-electron chi connectivity index (χ3n) is 12.3. The maximum Gasteiger partial charge on any atom is 0.0293 e. The van der Waals surface area contributed by atoms with Crippen molar-refractivity contribution >= 4 is 0 Å². The van der Waals surface area contributed by atoms with Crippen molar-refractivity contribution in [2.75, 3.05) is 0 Å². The molecule has 9 atom stereocenters. The number of hydrogen-bond donors (Lipinski definition) is 0. The van der Waals surface area contributed by atoms with E-state index in [0.717, 1.165) is 41.9 Å². The average Bonchev–Trinajstić information content (AvgIpc) is 3.66. The van der Waals surface area contributed by atoms with Crippen LogP contribution in [-0.2, 0) is 0 Å². The van der Waals surface area contributed by atoms with Crippen LogP contribution >= 0.6 is 0 Å². The highest BCUT2D eigenvalue weighted by molar-refractivity contribution is 5.20. The van der Waals surface area contributed by atoms with Gasteiger partial charge in [0.1, 0.15) is 0 Å². The van der Waals surface area contributed by atoms with Crippen molar-refractivity contribution in [1.29, 1.82) is 0 Å². The van der Waals surface area contributed by atoms with Crippen LogP contribution in [0.2, 0.25) is 0 Å². The molecular weight excluding hydrogens is 546 g/mol. The molecule has 6 rings (SSSR count). The molecule has 0 amide bonds. The zero-order valence-corrected chi connectivity index (χ0v) is 33.6. The van der Waals surface area contributed by atoms with Crippen molar-refractivity contribution in [3.63, 3.8) is 0 Å². The second-order valence-corrected chi connectivity index (χ2v) is 22.5. The van der Waals surface area contributed by atoms with Crippen LogP contribution in [0, 0.1) is 34.0 Å². The van der Waals surface area contributed by atoms with Crippen LogP contribution in [0.5, 0.6) is 0 Å². The Morgan fingerprint density at radius 2 is 0.756 bits per heavy atom. The van der Waals surface area contributed by atoms with E-state index in [2.05, 4.69) is 151 Å². The van der Waals surface area contributed by atoms with E-state index in [1.54, 1.807) is 0 Å². The summed E-state index contributed by atoms with van der Waals surface area (Å²) in [6, 6.07) is 4.76. The van der Waals surface area contributed by atoms with E-state index in [-0.39, 0.29) is 0 Å². The van der Waals surface area contributed by atoms with E-state index < -0.39 is 0 Å². The van der Waals surface area contributed by atoms with Crippen LogP contribution in [0.25, 0.3) is 0 Å². The van der Waals surface area contributed by atoms with Crippen molar-refractivity contribution in [2.24, 2.45) is 34.0 Å². The van der Waals surface area contributed by atoms with Crippen molar-refractivity contribution < 1.29 is 0 Å². The summed E-state index contributed by atoms with van der Waals surface area (Å²) in [6.07, 6.45) is 14.9. The number of likely N-dealkylation sites (tertiary alicyclic amines) is 3. The van der Waals surface area contributed by atoms with Gasteiger partial charge in [-0.3, -0.25) is 14.7 Å². The predicted octanol–water partition coefficient (Wildman–Crippen LogP) is 10.8. The first-order valence-electron chi connectivity index (χ1n) is 19.2. The molecule has 45 heavy (non-hydrogen) atoms. The van der Waals surface area contributed by atoms with E-state index in [9.17, 15) is 0 Å². The SMILES string of the molecule is CC(C)(C)C1C2C=CC(C2)N1C(C)(C)C.CC(C)(C)C1C2CCC(C2)N1C(C)(C)C.CC(C)(C)C1C2CCC(C2)N1C(C)(C)C. The van der Waals surface area contributed by atoms with E-state index in [1.165, 1.54) is 44.9 Å². The molecule has 0 aromatic rings. The Labute approximate surface area is 282 Å². The fourth-order valence-corrected chi connectivity index (χ4v) is 11.7. The van der Waals surface area contributed by atoms with Gasteiger partial charge in [0.15, 0.2) is 0 Å². The Balaban J connectivity index is 0.000000154. The summed E-state index contributed by atoms with van der Waals surface area (Å²) < 4.78 is 0. The van der Waals surface area contributed by atoms with Gasteiger partial charge in [-0.25, -0.2) is 0 Å². The molecule has 0 aromatic carbocycles. The van der Waals surface area contributed by atoms with E-state index >= 15 is 0 Å². The smallest absolute Gasteiger partial charge is 0.0293 e. The monoisotopic (exact) mass is 626 g/mol. The van der Waals surface area contributed by atoms with E-state index in [4.69, 9.17) is 0 Å². The van der Waals surface area contributed by atoms with Crippen LogP contribution in [-0.4, -0.2) is 67.6 Å². The van der Waals surface area contributed by atoms with Gasteiger partial charge in [0.25, 0.3) is 0 Å². The molecule has 3 aliphatic heterocycles. The van der Waals surface area contributed by atoms with Crippen LogP contribution in [0.15, 0.2) is 12.2 Å². The zero-order valence-electron chi connectivity index (χ0n) is 33.6. The zero-order chi connectivity index (χ0) is 34.3. The minimum atomic E-state index is 0.294. The molecule has 0 radical (unpaired) electrons. The molecule has 3 aliphatic carbocycles. The second kappa shape index (κ2) is 12.2. The van der Waals surface area contributed by atoms with E-state index in [0.29, 0.717) is 44.9 Å². The summed E-state index contributed by atoms with van der Waals surface area (Å²) in [5, 5.41) is 0. The first kappa shape index (κ1) is 37.4. The molecule has 2 saturated carbocycles. The number of hydrogen-bond acceptors (Lipinski definition) is 3. The van der Waals surface area contributed by atoms with Crippen molar-refractivity contribution in [2.45, 2.75) is 222 Å². The lowest BCUT2D eigenvalue weighted by atomic mass is 9.77. The number of piperidine rings is 2. The predicted molar refractivity (Wildman–Crippen MR) is 198 cm³/mol. The lowest BCUT2D eigenvalue weighted by Crippen LogP contribution is -2.56. The maximum absolute atomic E-state index is 2.82. The molecule has 262 valence electrons. The highest BCUT2D eigenvalue weighted by Crippen LogP contribution is 2.53. The molecule has 6 aliphatic rings. The van der Waals surface area contributed by atoms with Gasteiger partial charge >= 0.3 is 0 Å². The molecule has 0 N–H and O–H groups in total. The summed E-state index contributed by atoms with van der Waals surface area (Å²) in [5.41, 5.74) is 2.25. The molecule has 0 spiro atoms. The highest BCUT2D eigenvalue weighted by Gasteiger charge is 2.55. The molecule has 3 nitrogen and oxygen atoms in total. The normalized spacial score (nSPS) is 37.2. The Hall–Kier alpha value is -0.380. The van der Waals surface area contributed by atoms with Gasteiger partial charge in [-0.15, -0.1) is 0 Å². The number of rotatable bonds is 0. The molecular formula is C42H79N3. The summed E-state index contributed by atoms with van der Waals surface area (Å²) in [7, 11) is 0. The van der Waals surface area contributed by atoms with E-state index in [1.807, 2.05) is 0 Å². The fraction of sp³-hybridized carbons (Fsp3) is 0.952. The lowest BCUT2D eigenvalue weighted by Gasteiger charge is -2.49. The second-order valence-electron chi connectivity index (χ2n) is 22.5. The molecule has 9 unspecified atom stereocenters. The first-order valence-corrected chi connectivity index (χ1v) is 19.2. The molecule has 5 fully saturated rings. The Kier molecular flexibility index (Phi) is 10.1. The van der Waals surface area contributed by atoms with Crippen LogP contribution in [0.3, 0.4) is 0 Å². The average molecular weight is 626 g/mol. The van der Waals surface area contributed by atoms with Gasteiger partial charge in [0.2, 0.25) is 0 Å². The lowest BCUT2D eigenvalue weighted by molar-refractivity contribution is -0.0101. The minimum Gasteiger partial charge on any atom is -0.292 e. The molecule has 3 heterocycles. The molecule has 3 saturated heterocycles. The minimum absolute atomic E-state index is 0.294. The topological polar surface area (TPSA) is 9.72 Å². The summed E-state index contributed by atoms with van der Waals surface area (Å²) in [5.74, 6) is 2.72. The van der Waals surface area contributed by atoms with Gasteiger partial charge in [-0.1, -0.05) is 74.5 Å². The Morgan fingerprint density at radius 1 is 0.400 bits per heavy atom. The van der Waals surface area contributed by atoms with Crippen LogP contribution in [0.1, 0.15) is 170 Å². The first-order chi connectivity index (χ1) is 20.1. The summed E-state index contributed by atoms with van der Waals surface area (Å²) in [4.78, 5) is 8.38. The van der Waals surface area contributed by atoms with Crippen molar-refractivity contribution in [3.05, 3.63) is 12.2 Å². The Morgan fingerprint density at radius 3 is 1.02 bits per heavy atom. The quantitative estimate of drug-likeness (QED) is 0.248. The number of nitrogens with zero attached hydrogens (tertiary/aromatic N) is 3. The third-order valence-corrected chi connectivity index (χ3v) is 12.3. The molecule has 6 bridgehead atoms. The standard InChI is InChI=1S/2C14H27N.C14H25N/c3*1-13(2,3)12-10-7-8-11(9-10)15(12)14(4,5)6/h2*10-12H,7-9H2,1-6H3;7-8,10-12H,9H2,1-6H3. The van der Waals surface area contributed by atoms with Crippen LogP contribution < -0.4 is 0 Å². The van der Waals surface area contributed by atoms with Gasteiger partial charge in [-0.2, -0.15) is 0 Å². The summed E-state index contributed by atoms with van der Waals surface area (Å²) in [6.45, 7) is 43.0. The maximum atomic E-state index is 2.82. The van der Waals surface area contributed by atoms with Crippen molar-refractivity contribution in [3.8, 4) is 0 Å².